The van der Waals surface area contributed by atoms with Crippen molar-refractivity contribution in [1.82, 2.24) is 25.1 Å². The molecule has 1 saturated heterocycles. The predicted molar refractivity (Wildman–Crippen MR) is 151 cm³/mol. The number of H-pyrrole nitrogens is 1. The molecule has 3 N–H and O–H groups in total. The van der Waals surface area contributed by atoms with Gasteiger partial charge in [-0.1, -0.05) is 23.7 Å². The Morgan fingerprint density at radius 2 is 1.82 bits per heavy atom. The third-order valence-corrected chi connectivity index (χ3v) is 7.89. The van der Waals surface area contributed by atoms with E-state index in [1.54, 1.807) is 0 Å². The normalized spacial score (nSPS) is 16.2. The minimum Gasteiger partial charge on any atom is -0.369 e. The second kappa shape index (κ2) is 9.89. The Hall–Kier alpha value is -3.69. The van der Waals surface area contributed by atoms with Gasteiger partial charge in [-0.05, 0) is 43.2 Å². The third kappa shape index (κ3) is 4.56. The number of aromatic nitrogens is 4. The smallest absolute Gasteiger partial charge is 0.231 e. The van der Waals surface area contributed by atoms with E-state index in [9.17, 15) is 4.79 Å². The highest BCUT2D eigenvalue weighted by Gasteiger charge is 2.29. The molecule has 0 saturated carbocycles. The molecule has 0 atom stereocenters. The zero-order chi connectivity index (χ0) is 26.4. The number of aryl methyl sites for hydroxylation is 2. The molecular formula is C28H31ClN8O. The SMILES string of the molecule is Cc1ccc(Cl)cc1N1CCc2nc(-c3c(C)ccc4[nH]ncc34)nc(N3CCN(CC(N)=O)CC3)c2C1. The van der Waals surface area contributed by atoms with Gasteiger partial charge in [-0.2, -0.15) is 5.10 Å². The Balaban J connectivity index is 1.43. The van der Waals surface area contributed by atoms with Crippen LogP contribution in [0.15, 0.2) is 36.5 Å². The number of carbonyl (C=O) groups is 1. The highest BCUT2D eigenvalue weighted by molar-refractivity contribution is 6.30. The summed E-state index contributed by atoms with van der Waals surface area (Å²) in [6.07, 6.45) is 2.66. The van der Waals surface area contributed by atoms with Crippen molar-refractivity contribution in [3.63, 3.8) is 0 Å². The van der Waals surface area contributed by atoms with Crippen molar-refractivity contribution in [3.8, 4) is 11.4 Å². The highest BCUT2D eigenvalue weighted by atomic mass is 35.5. The number of aromatic amines is 1. The van der Waals surface area contributed by atoms with Gasteiger partial charge in [0.25, 0.3) is 0 Å². The summed E-state index contributed by atoms with van der Waals surface area (Å²) in [6, 6.07) is 10.2. The minimum absolute atomic E-state index is 0.282. The number of fused-ring (bicyclic) bond motifs is 2. The average molecular weight is 531 g/mol. The number of hydrogen-bond acceptors (Lipinski definition) is 7. The quantitative estimate of drug-likeness (QED) is 0.407. The fraction of sp³-hybridized carbons (Fsp3) is 0.357. The van der Waals surface area contributed by atoms with E-state index in [4.69, 9.17) is 27.3 Å². The zero-order valence-corrected chi connectivity index (χ0v) is 22.4. The number of halogens is 1. The van der Waals surface area contributed by atoms with Crippen molar-refractivity contribution < 1.29 is 4.79 Å². The second-order valence-corrected chi connectivity index (χ2v) is 10.7. The van der Waals surface area contributed by atoms with Gasteiger partial charge in [0.15, 0.2) is 5.82 Å². The van der Waals surface area contributed by atoms with Crippen molar-refractivity contribution in [2.24, 2.45) is 5.73 Å². The Bertz CT molecular complexity index is 1530. The molecule has 0 unspecified atom stereocenters. The maximum atomic E-state index is 11.5. The maximum Gasteiger partial charge on any atom is 0.231 e. The number of anilines is 2. The summed E-state index contributed by atoms with van der Waals surface area (Å²) in [5, 5.41) is 9.10. The van der Waals surface area contributed by atoms with Gasteiger partial charge in [0.1, 0.15) is 5.82 Å². The van der Waals surface area contributed by atoms with Gasteiger partial charge in [0.2, 0.25) is 5.91 Å². The van der Waals surface area contributed by atoms with Crippen LogP contribution in [0.1, 0.15) is 22.4 Å². The van der Waals surface area contributed by atoms with Gasteiger partial charge in [0.05, 0.1) is 24.0 Å². The first-order chi connectivity index (χ1) is 18.4. The van der Waals surface area contributed by atoms with Crippen LogP contribution in [0, 0.1) is 13.8 Å². The molecule has 196 valence electrons. The summed E-state index contributed by atoms with van der Waals surface area (Å²) in [6.45, 7) is 9.10. The number of carbonyl (C=O) groups excluding carboxylic acids is 1. The molecule has 1 fully saturated rings. The van der Waals surface area contributed by atoms with Crippen LogP contribution in [0.3, 0.4) is 0 Å². The van der Waals surface area contributed by atoms with Crippen LogP contribution < -0.4 is 15.5 Å². The Kier molecular flexibility index (Phi) is 6.41. The van der Waals surface area contributed by atoms with E-state index in [1.165, 1.54) is 5.56 Å². The molecule has 2 aliphatic rings. The molecule has 4 aromatic rings. The number of nitrogens with one attached hydrogen (secondary N) is 1. The molecule has 2 aromatic heterocycles. The topological polar surface area (TPSA) is 107 Å². The van der Waals surface area contributed by atoms with Crippen LogP contribution in [0.4, 0.5) is 11.5 Å². The van der Waals surface area contributed by atoms with Crippen molar-refractivity contribution in [1.29, 1.82) is 0 Å². The number of primary amides is 1. The summed E-state index contributed by atoms with van der Waals surface area (Å²) in [5.74, 6) is 1.40. The number of nitrogens with zero attached hydrogens (tertiary/aromatic N) is 6. The van der Waals surface area contributed by atoms with E-state index in [-0.39, 0.29) is 12.5 Å². The largest absolute Gasteiger partial charge is 0.369 e. The van der Waals surface area contributed by atoms with E-state index >= 15 is 0 Å². The summed E-state index contributed by atoms with van der Waals surface area (Å²) < 4.78 is 0. The first kappa shape index (κ1) is 24.6. The average Bonchev–Trinajstić information content (AvgIpc) is 3.38. The lowest BCUT2D eigenvalue weighted by Gasteiger charge is -2.38. The first-order valence-corrected chi connectivity index (χ1v) is 13.3. The lowest BCUT2D eigenvalue weighted by atomic mass is 10.0. The highest BCUT2D eigenvalue weighted by Crippen LogP contribution is 2.36. The monoisotopic (exact) mass is 530 g/mol. The molecular weight excluding hydrogens is 500 g/mol. The molecule has 0 radical (unpaired) electrons. The van der Waals surface area contributed by atoms with Gasteiger partial charge >= 0.3 is 0 Å². The van der Waals surface area contributed by atoms with Crippen LogP contribution in [-0.4, -0.2) is 70.2 Å². The number of benzene rings is 2. The van der Waals surface area contributed by atoms with E-state index in [0.717, 1.165) is 94.8 Å². The van der Waals surface area contributed by atoms with Gasteiger partial charge in [0, 0.05) is 72.9 Å². The number of hydrogen-bond donors (Lipinski definition) is 2. The Labute approximate surface area is 226 Å². The summed E-state index contributed by atoms with van der Waals surface area (Å²) in [5.41, 5.74) is 13.1. The molecule has 38 heavy (non-hydrogen) atoms. The van der Waals surface area contributed by atoms with Crippen molar-refractivity contribution in [3.05, 3.63) is 63.9 Å². The van der Waals surface area contributed by atoms with Gasteiger partial charge in [-0.25, -0.2) is 9.97 Å². The lowest BCUT2D eigenvalue weighted by molar-refractivity contribution is -0.119. The maximum absolute atomic E-state index is 11.5. The number of piperazine rings is 1. The molecule has 10 heteroatoms. The Morgan fingerprint density at radius 1 is 1.03 bits per heavy atom. The molecule has 0 spiro atoms. The van der Waals surface area contributed by atoms with E-state index < -0.39 is 0 Å². The number of rotatable bonds is 5. The molecule has 6 rings (SSSR count). The summed E-state index contributed by atoms with van der Waals surface area (Å²) >= 11 is 6.38. The lowest BCUT2D eigenvalue weighted by Crippen LogP contribution is -2.49. The molecule has 9 nitrogen and oxygen atoms in total. The Morgan fingerprint density at radius 3 is 2.61 bits per heavy atom. The van der Waals surface area contributed by atoms with Crippen molar-refractivity contribution in [2.45, 2.75) is 26.8 Å². The van der Waals surface area contributed by atoms with Crippen LogP contribution in [0.25, 0.3) is 22.3 Å². The number of amides is 1. The van der Waals surface area contributed by atoms with Gasteiger partial charge < -0.3 is 15.5 Å². The molecule has 4 heterocycles. The van der Waals surface area contributed by atoms with Crippen LogP contribution in [0.5, 0.6) is 0 Å². The van der Waals surface area contributed by atoms with Gasteiger partial charge in [-0.15, -0.1) is 0 Å². The summed E-state index contributed by atoms with van der Waals surface area (Å²) in [4.78, 5) is 28.7. The molecule has 2 aromatic carbocycles. The first-order valence-electron chi connectivity index (χ1n) is 13.0. The van der Waals surface area contributed by atoms with E-state index in [2.05, 4.69) is 50.9 Å². The summed E-state index contributed by atoms with van der Waals surface area (Å²) in [7, 11) is 0. The molecule has 0 bridgehead atoms. The van der Waals surface area contributed by atoms with Gasteiger partial charge in [-0.3, -0.25) is 14.8 Å². The fourth-order valence-corrected chi connectivity index (χ4v) is 5.83. The van der Waals surface area contributed by atoms with Crippen LogP contribution in [0.2, 0.25) is 5.02 Å². The molecule has 1 amide bonds. The van der Waals surface area contributed by atoms with E-state index in [1.807, 2.05) is 24.4 Å². The van der Waals surface area contributed by atoms with Crippen molar-refractivity contribution in [2.75, 3.05) is 49.1 Å². The predicted octanol–water partition coefficient (Wildman–Crippen LogP) is 3.46. The second-order valence-electron chi connectivity index (χ2n) is 10.2. The van der Waals surface area contributed by atoms with Crippen LogP contribution >= 0.6 is 11.6 Å². The number of nitrogens with two attached hydrogens (primary N) is 1. The fourth-order valence-electron chi connectivity index (χ4n) is 5.66. The standard InChI is InChI=1S/C28H31ClN8O/c1-17-3-5-19(29)13-24(17)37-8-7-22-21(15-37)28(36-11-9-35(10-12-36)16-25(30)38)33-27(32-22)26-18(2)4-6-23-20(26)14-31-34-23/h3-6,13-14H,7-12,15-16H2,1-2H3,(H2,30,38)(H,31,34). The third-order valence-electron chi connectivity index (χ3n) is 7.66. The van der Waals surface area contributed by atoms with E-state index in [0.29, 0.717) is 6.54 Å². The van der Waals surface area contributed by atoms with Crippen molar-refractivity contribution >= 4 is 39.9 Å². The minimum atomic E-state index is -0.295. The molecule has 0 aliphatic carbocycles. The van der Waals surface area contributed by atoms with Crippen LogP contribution in [-0.2, 0) is 17.8 Å². The molecule has 2 aliphatic heterocycles. The zero-order valence-electron chi connectivity index (χ0n) is 21.7.